The summed E-state index contributed by atoms with van der Waals surface area (Å²) < 4.78 is 36.0. The van der Waals surface area contributed by atoms with Gasteiger partial charge in [-0.1, -0.05) is 23.7 Å². The summed E-state index contributed by atoms with van der Waals surface area (Å²) in [6.07, 6.45) is 0.923. The minimum Gasteiger partial charge on any atom is -0.497 e. The number of hydrogen-bond donors (Lipinski definition) is 1. The number of sulfonamides is 1. The van der Waals surface area contributed by atoms with Gasteiger partial charge < -0.3 is 9.47 Å². The van der Waals surface area contributed by atoms with Crippen LogP contribution in [0, 0.1) is 0 Å². The average molecular weight is 432 g/mol. The minimum atomic E-state index is -3.69. The van der Waals surface area contributed by atoms with Crippen LogP contribution in [0.4, 0.5) is 0 Å². The van der Waals surface area contributed by atoms with Gasteiger partial charge in [-0.3, -0.25) is 4.79 Å². The second-order valence-corrected chi connectivity index (χ2v) is 8.39. The number of halogens is 1. The Bertz CT molecular complexity index is 1140. The Labute approximate surface area is 174 Å². The number of carbonyl (C=O) groups excluding carboxylic acids is 1. The summed E-state index contributed by atoms with van der Waals surface area (Å²) in [5.41, 5.74) is 1.51. The van der Waals surface area contributed by atoms with E-state index in [1.165, 1.54) is 6.07 Å². The molecule has 3 rings (SSSR count). The average Bonchev–Trinajstić information content (AvgIpc) is 2.68. The molecule has 8 heteroatoms. The second-order valence-electron chi connectivity index (χ2n) is 6.20. The first-order chi connectivity index (χ1) is 13.7. The summed E-state index contributed by atoms with van der Waals surface area (Å²) in [6.45, 7) is 0. The fourth-order valence-corrected chi connectivity index (χ4v) is 3.21. The van der Waals surface area contributed by atoms with Gasteiger partial charge in [0.25, 0.3) is 5.91 Å². The summed E-state index contributed by atoms with van der Waals surface area (Å²) in [6, 6.07) is 18.8. The van der Waals surface area contributed by atoms with Crippen molar-refractivity contribution in [2.24, 2.45) is 0 Å². The van der Waals surface area contributed by atoms with Gasteiger partial charge in [0.05, 0.1) is 13.4 Å². The lowest BCUT2D eigenvalue weighted by atomic mass is 10.0. The lowest BCUT2D eigenvalue weighted by molar-refractivity contribution is 0.0981. The standard InChI is InChI=1S/C21H18ClNO5S/c1-27-18-5-3-4-14(12-18)19-13-15(21(24)23-29(2,25)26)6-11-20(19)28-17-9-7-16(22)8-10-17/h3-13H,1-2H3,(H,23,24). The maximum atomic E-state index is 12.3. The highest BCUT2D eigenvalue weighted by Gasteiger charge is 2.16. The van der Waals surface area contributed by atoms with Crippen molar-refractivity contribution in [3.05, 3.63) is 77.3 Å². The third kappa shape index (κ3) is 5.49. The molecule has 3 aromatic rings. The van der Waals surface area contributed by atoms with Gasteiger partial charge in [-0.15, -0.1) is 0 Å². The largest absolute Gasteiger partial charge is 0.497 e. The van der Waals surface area contributed by atoms with Crippen LogP contribution in [0.25, 0.3) is 11.1 Å². The van der Waals surface area contributed by atoms with Crippen LogP contribution in [0.5, 0.6) is 17.2 Å². The van der Waals surface area contributed by atoms with Gasteiger partial charge in [-0.05, 0) is 60.2 Å². The van der Waals surface area contributed by atoms with Crippen LogP contribution in [0.3, 0.4) is 0 Å². The van der Waals surface area contributed by atoms with Gasteiger partial charge in [-0.2, -0.15) is 0 Å². The van der Waals surface area contributed by atoms with Gasteiger partial charge in [-0.25, -0.2) is 13.1 Å². The first-order valence-corrected chi connectivity index (χ1v) is 10.8. The number of carbonyl (C=O) groups is 1. The molecule has 0 aliphatic heterocycles. The molecule has 0 radical (unpaired) electrons. The summed E-state index contributed by atoms with van der Waals surface area (Å²) in [4.78, 5) is 12.3. The predicted molar refractivity (Wildman–Crippen MR) is 112 cm³/mol. The van der Waals surface area contributed by atoms with Gasteiger partial charge in [0, 0.05) is 16.1 Å². The third-order valence-corrected chi connectivity index (χ3v) is 4.75. The van der Waals surface area contributed by atoms with Crippen LogP contribution in [-0.2, 0) is 10.0 Å². The van der Waals surface area contributed by atoms with E-state index in [0.717, 1.165) is 11.8 Å². The zero-order chi connectivity index (χ0) is 21.0. The van der Waals surface area contributed by atoms with Crippen LogP contribution in [0.2, 0.25) is 5.02 Å². The molecule has 0 saturated heterocycles. The zero-order valence-corrected chi connectivity index (χ0v) is 17.3. The second kappa shape index (κ2) is 8.55. The summed E-state index contributed by atoms with van der Waals surface area (Å²) >= 11 is 5.92. The van der Waals surface area contributed by atoms with Gasteiger partial charge in [0.2, 0.25) is 10.0 Å². The number of rotatable bonds is 6. The number of benzene rings is 3. The molecular weight excluding hydrogens is 414 g/mol. The van der Waals surface area contributed by atoms with Crippen molar-refractivity contribution in [2.75, 3.05) is 13.4 Å². The van der Waals surface area contributed by atoms with Crippen molar-refractivity contribution in [3.8, 4) is 28.4 Å². The highest BCUT2D eigenvalue weighted by atomic mass is 35.5. The van der Waals surface area contributed by atoms with E-state index in [4.69, 9.17) is 21.1 Å². The molecule has 0 fully saturated rings. The number of amides is 1. The topological polar surface area (TPSA) is 81.7 Å². The third-order valence-electron chi connectivity index (χ3n) is 3.94. The van der Waals surface area contributed by atoms with E-state index < -0.39 is 15.9 Å². The molecule has 1 amide bonds. The molecule has 0 aromatic heterocycles. The molecule has 0 atom stereocenters. The maximum absolute atomic E-state index is 12.3. The smallest absolute Gasteiger partial charge is 0.264 e. The quantitative estimate of drug-likeness (QED) is 0.621. The van der Waals surface area contributed by atoms with E-state index in [2.05, 4.69) is 0 Å². The fraction of sp³-hybridized carbons (Fsp3) is 0.0952. The van der Waals surface area contributed by atoms with E-state index in [-0.39, 0.29) is 5.56 Å². The zero-order valence-electron chi connectivity index (χ0n) is 15.7. The number of hydrogen-bond acceptors (Lipinski definition) is 5. The number of nitrogens with one attached hydrogen (secondary N) is 1. The molecule has 0 heterocycles. The van der Waals surface area contributed by atoms with Crippen molar-refractivity contribution in [1.29, 1.82) is 0 Å². The van der Waals surface area contributed by atoms with Gasteiger partial charge >= 0.3 is 0 Å². The molecule has 3 aromatic carbocycles. The Balaban J connectivity index is 2.06. The van der Waals surface area contributed by atoms with Crippen molar-refractivity contribution < 1.29 is 22.7 Å². The molecule has 0 bridgehead atoms. The van der Waals surface area contributed by atoms with Crippen molar-refractivity contribution in [2.45, 2.75) is 0 Å². The van der Waals surface area contributed by atoms with Crippen LogP contribution >= 0.6 is 11.6 Å². The number of methoxy groups -OCH3 is 1. The minimum absolute atomic E-state index is 0.178. The van der Waals surface area contributed by atoms with E-state index in [9.17, 15) is 13.2 Å². The van der Waals surface area contributed by atoms with Crippen molar-refractivity contribution in [1.82, 2.24) is 4.72 Å². The van der Waals surface area contributed by atoms with Crippen LogP contribution in [0.1, 0.15) is 10.4 Å². The summed E-state index contributed by atoms with van der Waals surface area (Å²) in [7, 11) is -2.13. The van der Waals surface area contributed by atoms with Crippen molar-refractivity contribution >= 4 is 27.5 Å². The molecule has 0 unspecified atom stereocenters. The Morgan fingerprint density at radius 2 is 1.69 bits per heavy atom. The van der Waals surface area contributed by atoms with E-state index in [0.29, 0.717) is 27.8 Å². The molecule has 0 saturated carbocycles. The molecule has 0 aliphatic carbocycles. The molecule has 0 aliphatic rings. The first kappa shape index (κ1) is 20.7. The normalized spacial score (nSPS) is 11.0. The fourth-order valence-electron chi connectivity index (χ4n) is 2.63. The van der Waals surface area contributed by atoms with Crippen LogP contribution in [0.15, 0.2) is 66.7 Å². The maximum Gasteiger partial charge on any atom is 0.264 e. The summed E-state index contributed by atoms with van der Waals surface area (Å²) in [5.74, 6) is 0.948. The van der Waals surface area contributed by atoms with Crippen LogP contribution < -0.4 is 14.2 Å². The molecule has 29 heavy (non-hydrogen) atoms. The molecule has 150 valence electrons. The molecule has 1 N–H and O–H groups in total. The highest BCUT2D eigenvalue weighted by Crippen LogP contribution is 2.36. The van der Waals surface area contributed by atoms with E-state index in [1.54, 1.807) is 55.6 Å². The Morgan fingerprint density at radius 3 is 2.34 bits per heavy atom. The first-order valence-electron chi connectivity index (χ1n) is 8.49. The molecule has 0 spiro atoms. The molecular formula is C21H18ClNO5S. The van der Waals surface area contributed by atoms with Crippen molar-refractivity contribution in [3.63, 3.8) is 0 Å². The summed E-state index contributed by atoms with van der Waals surface area (Å²) in [5, 5.41) is 0.582. The highest BCUT2D eigenvalue weighted by molar-refractivity contribution is 7.89. The Hall–Kier alpha value is -3.03. The van der Waals surface area contributed by atoms with E-state index in [1.807, 2.05) is 16.9 Å². The Kier molecular flexibility index (Phi) is 6.10. The number of ether oxygens (including phenoxy) is 2. The van der Waals surface area contributed by atoms with E-state index >= 15 is 0 Å². The predicted octanol–water partition coefficient (Wildman–Crippen LogP) is 4.50. The van der Waals surface area contributed by atoms with Gasteiger partial charge in [0.1, 0.15) is 17.2 Å². The monoisotopic (exact) mass is 431 g/mol. The van der Waals surface area contributed by atoms with Crippen LogP contribution in [-0.4, -0.2) is 27.7 Å². The lowest BCUT2D eigenvalue weighted by Crippen LogP contribution is -2.29. The van der Waals surface area contributed by atoms with Gasteiger partial charge in [0.15, 0.2) is 0 Å². The SMILES string of the molecule is COc1cccc(-c2cc(C(=O)NS(C)(=O)=O)ccc2Oc2ccc(Cl)cc2)c1. The Morgan fingerprint density at radius 1 is 0.966 bits per heavy atom. The molecule has 6 nitrogen and oxygen atoms in total. The lowest BCUT2D eigenvalue weighted by Gasteiger charge is -2.14.